The fourth-order valence-corrected chi connectivity index (χ4v) is 2.84. The van der Waals surface area contributed by atoms with Crippen LogP contribution in [-0.2, 0) is 6.54 Å². The molecule has 104 valence electrons. The Kier molecular flexibility index (Phi) is 4.91. The van der Waals surface area contributed by atoms with Gasteiger partial charge in [-0.05, 0) is 38.6 Å². The predicted molar refractivity (Wildman–Crippen MR) is 84.3 cm³/mol. The molecule has 2 rings (SSSR count). The maximum absolute atomic E-state index is 5.70. The topological polar surface area (TPSA) is 32.5 Å². The molecule has 4 heteroatoms. The zero-order valence-electron chi connectivity index (χ0n) is 11.8. The predicted octanol–water partition coefficient (Wildman–Crippen LogP) is 1.85. The number of nitrogens with zero attached hydrogens (tertiary/aromatic N) is 2. The van der Waals surface area contributed by atoms with Crippen molar-refractivity contribution >= 4 is 17.2 Å². The smallest absolute Gasteiger partial charge is 0.103 e. The molecule has 0 spiro atoms. The van der Waals surface area contributed by atoms with Gasteiger partial charge in [-0.3, -0.25) is 4.90 Å². The maximum Gasteiger partial charge on any atom is 0.103 e. The first-order chi connectivity index (χ1) is 9.06. The third kappa shape index (κ3) is 4.00. The van der Waals surface area contributed by atoms with E-state index in [-0.39, 0.29) is 0 Å². The summed E-state index contributed by atoms with van der Waals surface area (Å²) in [6.45, 7) is 6.76. The van der Waals surface area contributed by atoms with E-state index >= 15 is 0 Å². The van der Waals surface area contributed by atoms with Crippen molar-refractivity contribution in [2.24, 2.45) is 5.73 Å². The van der Waals surface area contributed by atoms with E-state index in [1.54, 1.807) is 0 Å². The Morgan fingerprint density at radius 2 is 2.21 bits per heavy atom. The van der Waals surface area contributed by atoms with Crippen molar-refractivity contribution < 1.29 is 0 Å². The van der Waals surface area contributed by atoms with Gasteiger partial charge in [0, 0.05) is 31.2 Å². The Hall–Kier alpha value is -0.970. The summed E-state index contributed by atoms with van der Waals surface area (Å²) in [6.07, 6.45) is 1.23. The minimum atomic E-state index is 0.477. The van der Waals surface area contributed by atoms with Crippen LogP contribution in [0.4, 0.5) is 0 Å². The Balaban J connectivity index is 2.07. The van der Waals surface area contributed by atoms with Crippen LogP contribution in [0.3, 0.4) is 0 Å². The second-order valence-corrected chi connectivity index (χ2v) is 5.94. The molecule has 0 bridgehead atoms. The van der Waals surface area contributed by atoms with Gasteiger partial charge in [0.2, 0.25) is 0 Å². The van der Waals surface area contributed by atoms with Gasteiger partial charge in [-0.15, -0.1) is 0 Å². The molecule has 0 radical (unpaired) electrons. The normalized spacial score (nSPS) is 22.1. The van der Waals surface area contributed by atoms with Crippen LogP contribution in [0.5, 0.6) is 0 Å². The van der Waals surface area contributed by atoms with Gasteiger partial charge in [0.05, 0.1) is 0 Å². The van der Waals surface area contributed by atoms with Crippen molar-refractivity contribution in [3.63, 3.8) is 0 Å². The van der Waals surface area contributed by atoms with Crippen molar-refractivity contribution in [2.75, 3.05) is 26.7 Å². The molecule has 0 saturated carbocycles. The number of hydrogen-bond acceptors (Lipinski definition) is 3. The molecular weight excluding hydrogens is 254 g/mol. The Morgan fingerprint density at radius 1 is 1.42 bits per heavy atom. The summed E-state index contributed by atoms with van der Waals surface area (Å²) in [5.74, 6) is 0. The zero-order valence-corrected chi connectivity index (χ0v) is 12.6. The largest absolute Gasteiger partial charge is 0.389 e. The van der Waals surface area contributed by atoms with Crippen LogP contribution in [0, 0.1) is 0 Å². The molecule has 0 aliphatic carbocycles. The molecule has 19 heavy (non-hydrogen) atoms. The highest BCUT2D eigenvalue weighted by Crippen LogP contribution is 2.14. The molecule has 1 fully saturated rings. The molecule has 1 unspecified atom stereocenters. The molecule has 1 aliphatic rings. The molecule has 1 heterocycles. The number of likely N-dealkylation sites (N-methyl/N-ethyl adjacent to an activating group) is 1. The van der Waals surface area contributed by atoms with Crippen molar-refractivity contribution in [3.05, 3.63) is 35.4 Å². The van der Waals surface area contributed by atoms with Crippen LogP contribution in [0.1, 0.15) is 24.5 Å². The first-order valence-corrected chi connectivity index (χ1v) is 7.28. The van der Waals surface area contributed by atoms with Gasteiger partial charge >= 0.3 is 0 Å². The van der Waals surface area contributed by atoms with Gasteiger partial charge in [-0.1, -0.05) is 30.4 Å². The van der Waals surface area contributed by atoms with Crippen LogP contribution < -0.4 is 5.73 Å². The molecule has 1 saturated heterocycles. The van der Waals surface area contributed by atoms with Crippen molar-refractivity contribution in [1.29, 1.82) is 0 Å². The SMILES string of the molecule is CC1CN(C)CCCN1Cc1cccc(C(N)=S)c1. The van der Waals surface area contributed by atoms with Gasteiger partial charge in [0.25, 0.3) is 0 Å². The lowest BCUT2D eigenvalue weighted by Gasteiger charge is -2.28. The molecule has 1 aliphatic heterocycles. The third-order valence-corrected chi connectivity index (χ3v) is 4.02. The van der Waals surface area contributed by atoms with E-state index in [1.165, 1.54) is 18.5 Å². The van der Waals surface area contributed by atoms with E-state index in [9.17, 15) is 0 Å². The Morgan fingerprint density at radius 3 is 2.95 bits per heavy atom. The van der Waals surface area contributed by atoms with Crippen LogP contribution in [-0.4, -0.2) is 47.5 Å². The Bertz CT molecular complexity index is 447. The lowest BCUT2D eigenvalue weighted by atomic mass is 10.1. The molecule has 1 atom stereocenters. The fourth-order valence-electron chi connectivity index (χ4n) is 2.71. The lowest BCUT2D eigenvalue weighted by Crippen LogP contribution is -2.37. The van der Waals surface area contributed by atoms with Gasteiger partial charge in [0.1, 0.15) is 4.99 Å². The van der Waals surface area contributed by atoms with Gasteiger partial charge < -0.3 is 10.6 Å². The molecule has 0 amide bonds. The van der Waals surface area contributed by atoms with Gasteiger partial charge in [-0.25, -0.2) is 0 Å². The summed E-state index contributed by atoms with van der Waals surface area (Å²) in [5, 5.41) is 0. The molecule has 1 aromatic rings. The van der Waals surface area contributed by atoms with E-state index in [0.29, 0.717) is 11.0 Å². The first-order valence-electron chi connectivity index (χ1n) is 6.87. The molecule has 3 nitrogen and oxygen atoms in total. The van der Waals surface area contributed by atoms with Gasteiger partial charge in [-0.2, -0.15) is 0 Å². The number of nitrogens with two attached hydrogens (primary N) is 1. The molecule has 0 aromatic heterocycles. The van der Waals surface area contributed by atoms with E-state index in [1.807, 2.05) is 12.1 Å². The molecule has 1 aromatic carbocycles. The fraction of sp³-hybridized carbons (Fsp3) is 0.533. The number of rotatable bonds is 3. The zero-order chi connectivity index (χ0) is 13.8. The summed E-state index contributed by atoms with van der Waals surface area (Å²) in [4.78, 5) is 5.43. The number of thiocarbonyl (C=S) groups is 1. The first kappa shape index (κ1) is 14.4. The van der Waals surface area contributed by atoms with Crippen LogP contribution >= 0.6 is 12.2 Å². The monoisotopic (exact) mass is 277 g/mol. The second-order valence-electron chi connectivity index (χ2n) is 5.50. The quantitative estimate of drug-likeness (QED) is 0.855. The highest BCUT2D eigenvalue weighted by atomic mass is 32.1. The van der Waals surface area contributed by atoms with E-state index in [0.717, 1.165) is 25.2 Å². The van der Waals surface area contributed by atoms with Crippen molar-refractivity contribution in [1.82, 2.24) is 9.80 Å². The highest BCUT2D eigenvalue weighted by Gasteiger charge is 2.19. The van der Waals surface area contributed by atoms with E-state index in [4.69, 9.17) is 18.0 Å². The molecule has 2 N–H and O–H groups in total. The second kappa shape index (κ2) is 6.46. The summed E-state index contributed by atoms with van der Waals surface area (Å²) < 4.78 is 0. The summed E-state index contributed by atoms with van der Waals surface area (Å²) >= 11 is 5.04. The maximum atomic E-state index is 5.70. The van der Waals surface area contributed by atoms with Gasteiger partial charge in [0.15, 0.2) is 0 Å². The average Bonchev–Trinajstić information content (AvgIpc) is 2.52. The molecular formula is C15H23N3S. The van der Waals surface area contributed by atoms with Crippen molar-refractivity contribution in [3.8, 4) is 0 Å². The van der Waals surface area contributed by atoms with Crippen molar-refractivity contribution in [2.45, 2.75) is 25.9 Å². The minimum absolute atomic E-state index is 0.477. The third-order valence-electron chi connectivity index (χ3n) is 3.78. The Labute approximate surface area is 121 Å². The van der Waals surface area contributed by atoms with Crippen LogP contribution in [0.25, 0.3) is 0 Å². The minimum Gasteiger partial charge on any atom is -0.389 e. The number of hydrogen-bond donors (Lipinski definition) is 1. The summed E-state index contributed by atoms with van der Waals surface area (Å²) in [7, 11) is 2.20. The summed E-state index contributed by atoms with van der Waals surface area (Å²) in [6, 6.07) is 8.87. The summed E-state index contributed by atoms with van der Waals surface area (Å²) in [5.41, 5.74) is 7.96. The highest BCUT2D eigenvalue weighted by molar-refractivity contribution is 7.80. The van der Waals surface area contributed by atoms with E-state index in [2.05, 4.69) is 35.9 Å². The van der Waals surface area contributed by atoms with Crippen LogP contribution in [0.2, 0.25) is 0 Å². The average molecular weight is 277 g/mol. The standard InChI is InChI=1S/C15H23N3S/c1-12-10-17(2)7-4-8-18(12)11-13-5-3-6-14(9-13)15(16)19/h3,5-6,9,12H,4,7-8,10-11H2,1-2H3,(H2,16,19). The van der Waals surface area contributed by atoms with E-state index < -0.39 is 0 Å². The lowest BCUT2D eigenvalue weighted by molar-refractivity contribution is 0.194. The number of benzene rings is 1. The van der Waals surface area contributed by atoms with Crippen LogP contribution in [0.15, 0.2) is 24.3 Å².